The highest BCUT2D eigenvalue weighted by Gasteiger charge is 2.15. The van der Waals surface area contributed by atoms with Gasteiger partial charge >= 0.3 is 0 Å². The van der Waals surface area contributed by atoms with Crippen molar-refractivity contribution in [2.24, 2.45) is 0 Å². The fraction of sp³-hybridized carbons (Fsp3) is 0.250. The molecular formula is C12H12BrNO2S. The van der Waals surface area contributed by atoms with E-state index < -0.39 is 6.10 Å². The van der Waals surface area contributed by atoms with Gasteiger partial charge < -0.3 is 9.84 Å². The minimum absolute atomic E-state index is 0.510. The lowest BCUT2D eigenvalue weighted by atomic mass is 10.1. The number of benzene rings is 1. The number of rotatable bonds is 4. The minimum atomic E-state index is -0.593. The van der Waals surface area contributed by atoms with E-state index >= 15 is 0 Å². The van der Waals surface area contributed by atoms with Crippen molar-refractivity contribution in [2.45, 2.75) is 12.5 Å². The van der Waals surface area contributed by atoms with Gasteiger partial charge in [0.25, 0.3) is 0 Å². The number of thiazole rings is 1. The Morgan fingerprint density at radius 3 is 3.00 bits per heavy atom. The highest BCUT2D eigenvalue weighted by Crippen LogP contribution is 2.30. The smallest absolute Gasteiger partial charge is 0.125 e. The Hall–Kier alpha value is -0.910. The summed E-state index contributed by atoms with van der Waals surface area (Å²) >= 11 is 4.92. The van der Waals surface area contributed by atoms with E-state index in [9.17, 15) is 5.11 Å². The lowest BCUT2D eigenvalue weighted by molar-refractivity contribution is 0.174. The molecule has 0 spiro atoms. The molecule has 0 bridgehead atoms. The number of aliphatic hydroxyl groups is 1. The van der Waals surface area contributed by atoms with Crippen molar-refractivity contribution in [1.29, 1.82) is 0 Å². The van der Waals surface area contributed by atoms with Gasteiger partial charge in [-0.15, -0.1) is 11.3 Å². The van der Waals surface area contributed by atoms with E-state index in [0.29, 0.717) is 12.2 Å². The van der Waals surface area contributed by atoms with Gasteiger partial charge in [0.2, 0.25) is 0 Å². The maximum Gasteiger partial charge on any atom is 0.125 e. The molecule has 5 heteroatoms. The number of ether oxygens (including phenoxy) is 1. The third kappa shape index (κ3) is 3.06. The highest BCUT2D eigenvalue weighted by atomic mass is 79.9. The zero-order valence-corrected chi connectivity index (χ0v) is 11.7. The normalized spacial score (nSPS) is 12.4. The maximum absolute atomic E-state index is 10.2. The van der Waals surface area contributed by atoms with E-state index in [1.165, 1.54) is 0 Å². The van der Waals surface area contributed by atoms with E-state index in [0.717, 1.165) is 15.0 Å². The molecule has 0 saturated carbocycles. The number of aromatic nitrogens is 1. The number of hydrogen-bond donors (Lipinski definition) is 1. The van der Waals surface area contributed by atoms with Crippen LogP contribution in [0.5, 0.6) is 5.75 Å². The fourth-order valence-electron chi connectivity index (χ4n) is 1.59. The van der Waals surface area contributed by atoms with E-state index in [1.54, 1.807) is 24.6 Å². The van der Waals surface area contributed by atoms with E-state index in [4.69, 9.17) is 4.74 Å². The number of methoxy groups -OCH3 is 1. The van der Waals surface area contributed by atoms with Gasteiger partial charge in [0.15, 0.2) is 0 Å². The van der Waals surface area contributed by atoms with Crippen LogP contribution < -0.4 is 4.74 Å². The Morgan fingerprint density at radius 1 is 1.53 bits per heavy atom. The second-order valence-electron chi connectivity index (χ2n) is 3.53. The molecule has 1 aromatic heterocycles. The summed E-state index contributed by atoms with van der Waals surface area (Å²) in [5.74, 6) is 0.684. The van der Waals surface area contributed by atoms with Crippen LogP contribution in [0, 0.1) is 0 Å². The summed E-state index contributed by atoms with van der Waals surface area (Å²) in [7, 11) is 1.60. The van der Waals surface area contributed by atoms with E-state index in [1.807, 2.05) is 23.6 Å². The Balaban J connectivity index is 2.21. The van der Waals surface area contributed by atoms with Gasteiger partial charge in [-0.3, -0.25) is 0 Å². The quantitative estimate of drug-likeness (QED) is 0.942. The van der Waals surface area contributed by atoms with Crippen molar-refractivity contribution in [1.82, 2.24) is 4.98 Å². The molecule has 0 aliphatic heterocycles. The van der Waals surface area contributed by atoms with Crippen molar-refractivity contribution in [2.75, 3.05) is 7.11 Å². The molecular weight excluding hydrogens is 302 g/mol. The summed E-state index contributed by atoms with van der Waals surface area (Å²) in [5, 5.41) is 13.0. The van der Waals surface area contributed by atoms with Crippen molar-refractivity contribution >= 4 is 27.3 Å². The van der Waals surface area contributed by atoms with Gasteiger partial charge in [0.1, 0.15) is 5.75 Å². The summed E-state index contributed by atoms with van der Waals surface area (Å²) in [6, 6.07) is 5.60. The lowest BCUT2D eigenvalue weighted by Gasteiger charge is -2.14. The SMILES string of the molecule is COc1cc(Br)ccc1C(O)Cc1nccs1. The predicted molar refractivity (Wildman–Crippen MR) is 71.5 cm³/mol. The first kappa shape index (κ1) is 12.5. The van der Waals surface area contributed by atoms with Gasteiger partial charge in [-0.1, -0.05) is 22.0 Å². The largest absolute Gasteiger partial charge is 0.496 e. The Labute approximate surface area is 112 Å². The van der Waals surface area contributed by atoms with Crippen molar-refractivity contribution in [3.63, 3.8) is 0 Å². The number of hydrogen-bond acceptors (Lipinski definition) is 4. The summed E-state index contributed by atoms with van der Waals surface area (Å²) in [6.07, 6.45) is 1.66. The summed E-state index contributed by atoms with van der Waals surface area (Å²) < 4.78 is 6.19. The van der Waals surface area contributed by atoms with Gasteiger partial charge in [-0.05, 0) is 12.1 Å². The predicted octanol–water partition coefficient (Wildman–Crippen LogP) is 3.19. The van der Waals surface area contributed by atoms with Gasteiger partial charge in [-0.2, -0.15) is 0 Å². The topological polar surface area (TPSA) is 42.4 Å². The minimum Gasteiger partial charge on any atom is -0.496 e. The molecule has 17 heavy (non-hydrogen) atoms. The first-order valence-corrected chi connectivity index (χ1v) is 6.78. The summed E-state index contributed by atoms with van der Waals surface area (Å²) in [4.78, 5) is 4.16. The molecule has 0 aliphatic carbocycles. The molecule has 1 unspecified atom stereocenters. The number of aliphatic hydroxyl groups excluding tert-OH is 1. The van der Waals surface area contributed by atoms with Crippen LogP contribution in [0.1, 0.15) is 16.7 Å². The second-order valence-corrected chi connectivity index (χ2v) is 5.43. The van der Waals surface area contributed by atoms with E-state index in [-0.39, 0.29) is 0 Å². The Kier molecular flexibility index (Phi) is 4.15. The second kappa shape index (κ2) is 5.62. The molecule has 1 heterocycles. The zero-order valence-electron chi connectivity index (χ0n) is 9.26. The first-order valence-electron chi connectivity index (χ1n) is 5.10. The van der Waals surface area contributed by atoms with Crippen LogP contribution in [0.3, 0.4) is 0 Å². The molecule has 1 aromatic carbocycles. The molecule has 1 atom stereocenters. The molecule has 90 valence electrons. The monoisotopic (exact) mass is 313 g/mol. The third-order valence-electron chi connectivity index (χ3n) is 2.41. The van der Waals surface area contributed by atoms with Crippen LogP contribution in [0.2, 0.25) is 0 Å². The van der Waals surface area contributed by atoms with E-state index in [2.05, 4.69) is 20.9 Å². The van der Waals surface area contributed by atoms with Gasteiger partial charge in [0.05, 0.1) is 18.2 Å². The number of nitrogens with zero attached hydrogens (tertiary/aromatic N) is 1. The van der Waals surface area contributed by atoms with Crippen molar-refractivity contribution in [3.05, 3.63) is 44.8 Å². The van der Waals surface area contributed by atoms with Crippen LogP contribution in [-0.2, 0) is 6.42 Å². The molecule has 2 rings (SSSR count). The lowest BCUT2D eigenvalue weighted by Crippen LogP contribution is -2.03. The highest BCUT2D eigenvalue weighted by molar-refractivity contribution is 9.10. The Morgan fingerprint density at radius 2 is 2.35 bits per heavy atom. The van der Waals surface area contributed by atoms with Crippen molar-refractivity contribution in [3.8, 4) is 5.75 Å². The molecule has 3 nitrogen and oxygen atoms in total. The molecule has 1 N–H and O–H groups in total. The average molecular weight is 314 g/mol. The summed E-state index contributed by atoms with van der Waals surface area (Å²) in [6.45, 7) is 0. The van der Waals surface area contributed by atoms with Gasteiger partial charge in [-0.25, -0.2) is 4.98 Å². The average Bonchev–Trinajstić information content (AvgIpc) is 2.81. The van der Waals surface area contributed by atoms with Crippen LogP contribution in [0.4, 0.5) is 0 Å². The Bertz CT molecular complexity index is 487. The number of halogens is 1. The first-order chi connectivity index (χ1) is 8.20. The molecule has 2 aromatic rings. The van der Waals surface area contributed by atoms with Gasteiger partial charge in [0, 0.05) is 28.0 Å². The molecule has 0 saturated heterocycles. The zero-order chi connectivity index (χ0) is 12.3. The summed E-state index contributed by atoms with van der Waals surface area (Å²) in [5.41, 5.74) is 0.783. The molecule has 0 aliphatic rings. The molecule has 0 fully saturated rings. The van der Waals surface area contributed by atoms with Crippen LogP contribution in [-0.4, -0.2) is 17.2 Å². The molecule has 0 radical (unpaired) electrons. The third-order valence-corrected chi connectivity index (χ3v) is 3.70. The fourth-order valence-corrected chi connectivity index (χ4v) is 2.58. The van der Waals surface area contributed by atoms with Crippen LogP contribution in [0.15, 0.2) is 34.2 Å². The van der Waals surface area contributed by atoms with Crippen LogP contribution >= 0.6 is 27.3 Å². The maximum atomic E-state index is 10.2. The van der Waals surface area contributed by atoms with Crippen molar-refractivity contribution < 1.29 is 9.84 Å². The molecule has 0 amide bonds. The standard InChI is InChI=1S/C12H12BrNO2S/c1-16-11-6-8(13)2-3-9(11)10(15)7-12-14-4-5-17-12/h2-6,10,15H,7H2,1H3. The van der Waals surface area contributed by atoms with Crippen LogP contribution in [0.25, 0.3) is 0 Å².